The van der Waals surface area contributed by atoms with E-state index < -0.39 is 9.84 Å². The molecule has 2 N–H and O–H groups in total. The van der Waals surface area contributed by atoms with Crippen molar-refractivity contribution in [2.24, 2.45) is 17.1 Å². The average Bonchev–Trinajstić information content (AvgIpc) is 2.24. The van der Waals surface area contributed by atoms with Gasteiger partial charge in [-0.05, 0) is 11.8 Å². The van der Waals surface area contributed by atoms with Gasteiger partial charge in [0.25, 0.3) is 0 Å². The molecule has 0 bridgehead atoms. The first-order valence-electron chi connectivity index (χ1n) is 6.34. The van der Waals surface area contributed by atoms with Gasteiger partial charge < -0.3 is 10.6 Å². The number of nitrogens with zero attached hydrogens (tertiary/aromatic N) is 1. The van der Waals surface area contributed by atoms with Crippen LogP contribution in [0.2, 0.25) is 0 Å². The molecule has 1 heterocycles. The third kappa shape index (κ3) is 4.57. The zero-order valence-corrected chi connectivity index (χ0v) is 12.3. The largest absolute Gasteiger partial charge is 0.340 e. The van der Waals surface area contributed by atoms with E-state index in [2.05, 4.69) is 20.8 Å². The first-order chi connectivity index (χ1) is 8.14. The van der Waals surface area contributed by atoms with Crippen molar-refractivity contribution in [3.63, 3.8) is 0 Å². The molecule has 5 nitrogen and oxygen atoms in total. The second-order valence-corrected chi connectivity index (χ2v) is 8.48. The molecule has 0 radical (unpaired) electrons. The molecular weight excluding hydrogens is 252 g/mol. The smallest absolute Gasteiger partial charge is 0.227 e. The summed E-state index contributed by atoms with van der Waals surface area (Å²) < 4.78 is 22.6. The van der Waals surface area contributed by atoms with Gasteiger partial charge in [0.2, 0.25) is 5.91 Å². The van der Waals surface area contributed by atoms with Gasteiger partial charge in [0.05, 0.1) is 17.4 Å². The number of amides is 1. The highest BCUT2D eigenvalue weighted by Gasteiger charge is 2.31. The van der Waals surface area contributed by atoms with Crippen molar-refractivity contribution in [1.29, 1.82) is 0 Å². The molecule has 1 unspecified atom stereocenters. The van der Waals surface area contributed by atoms with Crippen LogP contribution in [0.3, 0.4) is 0 Å². The molecule has 1 amide bonds. The van der Waals surface area contributed by atoms with Crippen molar-refractivity contribution in [2.75, 3.05) is 31.1 Å². The van der Waals surface area contributed by atoms with E-state index in [1.54, 1.807) is 4.90 Å². The number of sulfone groups is 1. The van der Waals surface area contributed by atoms with Gasteiger partial charge >= 0.3 is 0 Å². The lowest BCUT2D eigenvalue weighted by Crippen LogP contribution is -2.48. The Morgan fingerprint density at radius 2 is 1.78 bits per heavy atom. The van der Waals surface area contributed by atoms with Crippen LogP contribution in [0.1, 0.15) is 27.2 Å². The Kier molecular flexibility index (Phi) is 4.78. The fourth-order valence-corrected chi connectivity index (χ4v) is 3.40. The molecule has 0 aliphatic carbocycles. The minimum atomic E-state index is -2.94. The van der Waals surface area contributed by atoms with Crippen LogP contribution in [0.5, 0.6) is 0 Å². The first-order valence-corrected chi connectivity index (χ1v) is 8.16. The van der Waals surface area contributed by atoms with Crippen LogP contribution in [-0.2, 0) is 14.6 Å². The second-order valence-electron chi connectivity index (χ2n) is 6.17. The molecule has 1 saturated heterocycles. The molecule has 1 aliphatic rings. The van der Waals surface area contributed by atoms with E-state index in [-0.39, 0.29) is 28.7 Å². The molecular formula is C12H24N2O3S. The summed E-state index contributed by atoms with van der Waals surface area (Å²) in [5.41, 5.74) is 5.72. The summed E-state index contributed by atoms with van der Waals surface area (Å²) in [5.74, 6) is -0.0509. The number of carbonyl (C=O) groups is 1. The molecule has 1 fully saturated rings. The van der Waals surface area contributed by atoms with Crippen LogP contribution in [0.15, 0.2) is 0 Å². The summed E-state index contributed by atoms with van der Waals surface area (Å²) in [6.07, 6.45) is 0.728. The van der Waals surface area contributed by atoms with Gasteiger partial charge in [0.1, 0.15) is 0 Å². The van der Waals surface area contributed by atoms with Gasteiger partial charge in [-0.15, -0.1) is 0 Å². The Labute approximate surface area is 110 Å². The highest BCUT2D eigenvalue weighted by Crippen LogP contribution is 2.25. The van der Waals surface area contributed by atoms with Gasteiger partial charge in [-0.3, -0.25) is 4.79 Å². The maximum absolute atomic E-state index is 12.3. The minimum Gasteiger partial charge on any atom is -0.340 e. The Balaban J connectivity index is 2.63. The number of rotatable bonds is 3. The number of nitrogens with two attached hydrogens (primary N) is 1. The lowest BCUT2D eigenvalue weighted by molar-refractivity contribution is -0.135. The highest BCUT2D eigenvalue weighted by atomic mass is 32.2. The van der Waals surface area contributed by atoms with Crippen molar-refractivity contribution in [1.82, 2.24) is 4.90 Å². The van der Waals surface area contributed by atoms with Gasteiger partial charge in [-0.2, -0.15) is 0 Å². The monoisotopic (exact) mass is 276 g/mol. The fourth-order valence-electron chi connectivity index (χ4n) is 2.20. The Bertz CT molecular complexity index is 384. The van der Waals surface area contributed by atoms with Gasteiger partial charge in [0.15, 0.2) is 9.84 Å². The van der Waals surface area contributed by atoms with Gasteiger partial charge in [-0.25, -0.2) is 8.42 Å². The normalized spacial score (nSPS) is 21.7. The maximum Gasteiger partial charge on any atom is 0.227 e. The van der Waals surface area contributed by atoms with E-state index in [4.69, 9.17) is 5.73 Å². The molecule has 1 atom stereocenters. The van der Waals surface area contributed by atoms with Crippen molar-refractivity contribution >= 4 is 15.7 Å². The summed E-state index contributed by atoms with van der Waals surface area (Å²) in [5, 5.41) is 0. The molecule has 1 aliphatic heterocycles. The second kappa shape index (κ2) is 5.57. The van der Waals surface area contributed by atoms with Crippen molar-refractivity contribution in [3.05, 3.63) is 0 Å². The SMILES string of the molecule is CC(C)(C)CC(CN)C(=O)N1CCS(=O)(=O)CC1. The van der Waals surface area contributed by atoms with Gasteiger partial charge in [0, 0.05) is 19.6 Å². The Morgan fingerprint density at radius 1 is 1.28 bits per heavy atom. The molecule has 0 aromatic carbocycles. The van der Waals surface area contributed by atoms with Crippen LogP contribution < -0.4 is 5.73 Å². The lowest BCUT2D eigenvalue weighted by Gasteiger charge is -2.32. The summed E-state index contributed by atoms with van der Waals surface area (Å²) in [7, 11) is -2.94. The van der Waals surface area contributed by atoms with Crippen LogP contribution >= 0.6 is 0 Å². The van der Waals surface area contributed by atoms with Crippen LogP contribution in [0, 0.1) is 11.3 Å². The summed E-state index contributed by atoms with van der Waals surface area (Å²) in [6.45, 7) is 7.15. The third-order valence-electron chi connectivity index (χ3n) is 3.15. The molecule has 6 heteroatoms. The number of hydrogen-bond donors (Lipinski definition) is 1. The van der Waals surface area contributed by atoms with Gasteiger partial charge in [-0.1, -0.05) is 20.8 Å². The van der Waals surface area contributed by atoms with E-state index in [9.17, 15) is 13.2 Å². The summed E-state index contributed by atoms with van der Waals surface area (Å²) in [4.78, 5) is 13.9. The molecule has 0 aromatic rings. The van der Waals surface area contributed by atoms with Crippen LogP contribution in [-0.4, -0.2) is 50.4 Å². The number of hydrogen-bond acceptors (Lipinski definition) is 4. The molecule has 1 rings (SSSR count). The first kappa shape index (κ1) is 15.4. The molecule has 106 valence electrons. The fraction of sp³-hybridized carbons (Fsp3) is 0.917. The topological polar surface area (TPSA) is 80.5 Å². The molecule has 18 heavy (non-hydrogen) atoms. The van der Waals surface area contributed by atoms with E-state index in [0.29, 0.717) is 19.6 Å². The van der Waals surface area contributed by atoms with E-state index >= 15 is 0 Å². The standard InChI is InChI=1S/C12H24N2O3S/c1-12(2,3)8-10(9-13)11(15)14-4-6-18(16,17)7-5-14/h10H,4-9,13H2,1-3H3. The molecule has 0 saturated carbocycles. The number of carbonyl (C=O) groups excluding carboxylic acids is 1. The Hall–Kier alpha value is -0.620. The Morgan fingerprint density at radius 3 is 2.17 bits per heavy atom. The summed E-state index contributed by atoms with van der Waals surface area (Å²) in [6, 6.07) is 0. The molecule has 0 aromatic heterocycles. The quantitative estimate of drug-likeness (QED) is 0.801. The zero-order chi connectivity index (χ0) is 14.0. The zero-order valence-electron chi connectivity index (χ0n) is 11.5. The minimum absolute atomic E-state index is 0.00215. The third-order valence-corrected chi connectivity index (χ3v) is 4.76. The maximum atomic E-state index is 12.3. The average molecular weight is 276 g/mol. The van der Waals surface area contributed by atoms with Crippen LogP contribution in [0.4, 0.5) is 0 Å². The summed E-state index contributed by atoms with van der Waals surface area (Å²) >= 11 is 0. The van der Waals surface area contributed by atoms with E-state index in [1.807, 2.05) is 0 Å². The highest BCUT2D eigenvalue weighted by molar-refractivity contribution is 7.91. The molecule has 0 spiro atoms. The van der Waals surface area contributed by atoms with Crippen LogP contribution in [0.25, 0.3) is 0 Å². The predicted molar refractivity (Wildman–Crippen MR) is 71.9 cm³/mol. The van der Waals surface area contributed by atoms with Crippen molar-refractivity contribution in [2.45, 2.75) is 27.2 Å². The van der Waals surface area contributed by atoms with E-state index in [1.165, 1.54) is 0 Å². The lowest BCUT2D eigenvalue weighted by atomic mass is 9.84. The predicted octanol–water partition coefficient (Wildman–Crippen LogP) is 0.255. The van der Waals surface area contributed by atoms with E-state index in [0.717, 1.165) is 6.42 Å². The van der Waals surface area contributed by atoms with Crippen molar-refractivity contribution in [3.8, 4) is 0 Å². The van der Waals surface area contributed by atoms with Crippen molar-refractivity contribution < 1.29 is 13.2 Å².